The van der Waals surface area contributed by atoms with E-state index < -0.39 is 0 Å². The number of methoxy groups -OCH3 is 1. The zero-order valence-electron chi connectivity index (χ0n) is 10.9. The summed E-state index contributed by atoms with van der Waals surface area (Å²) in [4.78, 5) is 11.7. The summed E-state index contributed by atoms with van der Waals surface area (Å²) in [6.07, 6.45) is -0.355. The standard InChI is InChI=1S/C14H18O4/c1-9(2)12(15)14-13(18-14)10-4-6-11(7-5-10)17-8-16-3/h4-7,9,13-14H,8H2,1-3H3. The fourth-order valence-electron chi connectivity index (χ4n) is 1.79. The number of ether oxygens (including phenoxy) is 3. The molecule has 0 radical (unpaired) electrons. The molecular formula is C14H18O4. The van der Waals surface area contributed by atoms with Crippen LogP contribution in [0, 0.1) is 5.92 Å². The molecule has 2 unspecified atom stereocenters. The zero-order valence-corrected chi connectivity index (χ0v) is 10.9. The first-order valence-corrected chi connectivity index (χ1v) is 6.04. The van der Waals surface area contributed by atoms with Gasteiger partial charge in [-0.15, -0.1) is 0 Å². The predicted molar refractivity (Wildman–Crippen MR) is 66.4 cm³/mol. The van der Waals surface area contributed by atoms with Crippen LogP contribution < -0.4 is 4.74 Å². The van der Waals surface area contributed by atoms with E-state index in [1.165, 1.54) is 0 Å². The maximum Gasteiger partial charge on any atom is 0.188 e. The monoisotopic (exact) mass is 250 g/mol. The van der Waals surface area contributed by atoms with Crippen molar-refractivity contribution in [1.82, 2.24) is 0 Å². The topological polar surface area (TPSA) is 48.1 Å². The fraction of sp³-hybridized carbons (Fsp3) is 0.500. The second-order valence-corrected chi connectivity index (χ2v) is 4.65. The minimum atomic E-state index is -0.268. The van der Waals surface area contributed by atoms with Crippen LogP contribution in [0.3, 0.4) is 0 Å². The first kappa shape index (κ1) is 13.1. The highest BCUT2D eigenvalue weighted by atomic mass is 16.7. The molecule has 98 valence electrons. The summed E-state index contributed by atoms with van der Waals surface area (Å²) >= 11 is 0. The minimum Gasteiger partial charge on any atom is -0.468 e. The highest BCUT2D eigenvalue weighted by Crippen LogP contribution is 2.40. The van der Waals surface area contributed by atoms with Gasteiger partial charge in [-0.05, 0) is 17.7 Å². The van der Waals surface area contributed by atoms with Crippen molar-refractivity contribution in [2.75, 3.05) is 13.9 Å². The maximum absolute atomic E-state index is 11.7. The van der Waals surface area contributed by atoms with E-state index in [4.69, 9.17) is 14.2 Å². The van der Waals surface area contributed by atoms with Gasteiger partial charge < -0.3 is 14.2 Å². The molecule has 4 nitrogen and oxygen atoms in total. The minimum absolute atomic E-state index is 0.0179. The first-order valence-electron chi connectivity index (χ1n) is 6.04. The van der Waals surface area contributed by atoms with Gasteiger partial charge in [-0.25, -0.2) is 0 Å². The van der Waals surface area contributed by atoms with Gasteiger partial charge in [0.05, 0.1) is 0 Å². The van der Waals surface area contributed by atoms with Gasteiger partial charge in [-0.1, -0.05) is 26.0 Å². The third kappa shape index (κ3) is 2.89. The van der Waals surface area contributed by atoms with Crippen LogP contribution in [0.25, 0.3) is 0 Å². The second-order valence-electron chi connectivity index (χ2n) is 4.65. The normalized spacial score (nSPS) is 22.0. The van der Waals surface area contributed by atoms with Crippen molar-refractivity contribution in [2.45, 2.75) is 26.1 Å². The molecule has 1 aliphatic rings. The molecule has 1 aromatic carbocycles. The van der Waals surface area contributed by atoms with Crippen molar-refractivity contribution in [3.8, 4) is 5.75 Å². The average molecular weight is 250 g/mol. The van der Waals surface area contributed by atoms with Crippen LogP contribution in [0.4, 0.5) is 0 Å². The number of carbonyl (C=O) groups is 1. The van der Waals surface area contributed by atoms with Gasteiger partial charge in [0.1, 0.15) is 18.0 Å². The van der Waals surface area contributed by atoms with Crippen molar-refractivity contribution < 1.29 is 19.0 Å². The third-order valence-corrected chi connectivity index (χ3v) is 2.89. The lowest BCUT2D eigenvalue weighted by Crippen LogP contribution is -2.14. The van der Waals surface area contributed by atoms with Crippen LogP contribution in [-0.2, 0) is 14.3 Å². The molecule has 1 aromatic rings. The van der Waals surface area contributed by atoms with Gasteiger partial charge in [-0.3, -0.25) is 4.79 Å². The van der Waals surface area contributed by atoms with Crippen molar-refractivity contribution in [3.63, 3.8) is 0 Å². The van der Waals surface area contributed by atoms with E-state index in [2.05, 4.69) is 0 Å². The summed E-state index contributed by atoms with van der Waals surface area (Å²) in [6.45, 7) is 4.01. The number of hydrogen-bond acceptors (Lipinski definition) is 4. The molecule has 1 saturated heterocycles. The molecule has 0 N–H and O–H groups in total. The van der Waals surface area contributed by atoms with E-state index in [1.807, 2.05) is 38.1 Å². The van der Waals surface area contributed by atoms with Crippen LogP contribution in [-0.4, -0.2) is 25.8 Å². The summed E-state index contributed by atoms with van der Waals surface area (Å²) in [5.41, 5.74) is 1.01. The van der Waals surface area contributed by atoms with Gasteiger partial charge in [0.15, 0.2) is 12.6 Å². The van der Waals surface area contributed by atoms with Gasteiger partial charge in [-0.2, -0.15) is 0 Å². The third-order valence-electron chi connectivity index (χ3n) is 2.89. The molecule has 18 heavy (non-hydrogen) atoms. The molecular weight excluding hydrogens is 232 g/mol. The Morgan fingerprint density at radius 2 is 2.00 bits per heavy atom. The molecule has 0 aromatic heterocycles. The molecule has 1 heterocycles. The van der Waals surface area contributed by atoms with Crippen molar-refractivity contribution in [3.05, 3.63) is 29.8 Å². The SMILES string of the molecule is COCOc1ccc(C2OC2C(=O)C(C)C)cc1. The Bertz CT molecular complexity index is 410. The van der Waals surface area contributed by atoms with E-state index in [0.717, 1.165) is 11.3 Å². The largest absolute Gasteiger partial charge is 0.468 e. The molecule has 1 aliphatic heterocycles. The summed E-state index contributed by atoms with van der Waals surface area (Å²) in [5, 5.41) is 0. The van der Waals surface area contributed by atoms with Gasteiger partial charge in [0.25, 0.3) is 0 Å². The van der Waals surface area contributed by atoms with E-state index in [-0.39, 0.29) is 30.7 Å². The number of hydrogen-bond donors (Lipinski definition) is 0. The molecule has 0 amide bonds. The lowest BCUT2D eigenvalue weighted by Gasteiger charge is -2.04. The van der Waals surface area contributed by atoms with Crippen LogP contribution >= 0.6 is 0 Å². The van der Waals surface area contributed by atoms with E-state index in [0.29, 0.717) is 0 Å². The van der Waals surface area contributed by atoms with Crippen molar-refractivity contribution >= 4 is 5.78 Å². The van der Waals surface area contributed by atoms with Crippen molar-refractivity contribution in [2.24, 2.45) is 5.92 Å². The predicted octanol–water partition coefficient (Wildman–Crippen LogP) is 2.33. The summed E-state index contributed by atoms with van der Waals surface area (Å²) < 4.78 is 15.5. The number of Topliss-reactive ketones (excluding diaryl/α,β-unsaturated/α-hetero) is 1. The molecule has 0 aliphatic carbocycles. The fourth-order valence-corrected chi connectivity index (χ4v) is 1.79. The molecule has 0 saturated carbocycles. The van der Waals surface area contributed by atoms with Gasteiger partial charge >= 0.3 is 0 Å². The molecule has 2 atom stereocenters. The maximum atomic E-state index is 11.7. The van der Waals surface area contributed by atoms with E-state index in [9.17, 15) is 4.79 Å². The van der Waals surface area contributed by atoms with Crippen LogP contribution in [0.15, 0.2) is 24.3 Å². The molecule has 1 fully saturated rings. The van der Waals surface area contributed by atoms with E-state index >= 15 is 0 Å². The molecule has 0 spiro atoms. The molecule has 4 heteroatoms. The number of ketones is 1. The quantitative estimate of drug-likeness (QED) is 0.574. The average Bonchev–Trinajstić information content (AvgIpc) is 3.16. The molecule has 0 bridgehead atoms. The van der Waals surface area contributed by atoms with E-state index in [1.54, 1.807) is 7.11 Å². The first-order chi connectivity index (χ1) is 8.63. The summed E-state index contributed by atoms with van der Waals surface area (Å²) in [5.74, 6) is 0.928. The highest BCUT2D eigenvalue weighted by Gasteiger charge is 2.46. The summed E-state index contributed by atoms with van der Waals surface area (Å²) in [6, 6.07) is 7.55. The summed E-state index contributed by atoms with van der Waals surface area (Å²) in [7, 11) is 1.58. The Labute approximate surface area is 107 Å². The Hall–Kier alpha value is -1.39. The van der Waals surface area contributed by atoms with Crippen LogP contribution in [0.1, 0.15) is 25.5 Å². The second kappa shape index (κ2) is 5.50. The van der Waals surface area contributed by atoms with Crippen LogP contribution in [0.2, 0.25) is 0 Å². The molecule has 2 rings (SSSR count). The number of benzene rings is 1. The lowest BCUT2D eigenvalue weighted by atomic mass is 10.0. The van der Waals surface area contributed by atoms with Gasteiger partial charge in [0, 0.05) is 13.0 Å². The lowest BCUT2D eigenvalue weighted by molar-refractivity contribution is -0.123. The number of epoxide rings is 1. The van der Waals surface area contributed by atoms with Crippen LogP contribution in [0.5, 0.6) is 5.75 Å². The Kier molecular flexibility index (Phi) is 3.99. The number of rotatable bonds is 6. The number of carbonyl (C=O) groups excluding carboxylic acids is 1. The Balaban J connectivity index is 1.94. The Morgan fingerprint density at radius 1 is 1.33 bits per heavy atom. The highest BCUT2D eigenvalue weighted by molar-refractivity contribution is 5.87. The van der Waals surface area contributed by atoms with Crippen molar-refractivity contribution in [1.29, 1.82) is 0 Å². The Morgan fingerprint density at radius 3 is 2.56 bits per heavy atom. The zero-order chi connectivity index (χ0) is 13.1. The smallest absolute Gasteiger partial charge is 0.188 e. The van der Waals surface area contributed by atoms with Gasteiger partial charge in [0.2, 0.25) is 0 Å².